The number of ether oxygens (including phenoxy) is 1. The van der Waals surface area contributed by atoms with Gasteiger partial charge in [0.15, 0.2) is 0 Å². The molecule has 0 bridgehead atoms. The zero-order valence-electron chi connectivity index (χ0n) is 10.2. The molecule has 3 heteroatoms. The van der Waals surface area contributed by atoms with Gasteiger partial charge < -0.3 is 9.84 Å². The summed E-state index contributed by atoms with van der Waals surface area (Å²) < 4.78 is 5.02. The number of carbonyl (C=O) groups excluding carboxylic acids is 1. The Bertz CT molecular complexity index is 247. The molecule has 0 heterocycles. The standard InChI is InChI=1S/C12H22O3/c1-5-15-10(13)11(3,4)12(14)7-6-9(2)8-12/h9,14H,5-8H2,1-4H3/t9-,12+/m1/s1. The van der Waals surface area contributed by atoms with Crippen LogP contribution in [0.15, 0.2) is 0 Å². The van der Waals surface area contributed by atoms with Gasteiger partial charge in [-0.05, 0) is 46.0 Å². The predicted molar refractivity (Wildman–Crippen MR) is 58.4 cm³/mol. The van der Waals surface area contributed by atoms with Gasteiger partial charge in [-0.2, -0.15) is 0 Å². The summed E-state index contributed by atoms with van der Waals surface area (Å²) in [6.45, 7) is 7.83. The molecule has 0 unspecified atom stereocenters. The van der Waals surface area contributed by atoms with Gasteiger partial charge in [0.2, 0.25) is 0 Å². The fraction of sp³-hybridized carbons (Fsp3) is 0.917. The van der Waals surface area contributed by atoms with E-state index in [-0.39, 0.29) is 5.97 Å². The highest BCUT2D eigenvalue weighted by Gasteiger charge is 2.52. The van der Waals surface area contributed by atoms with Gasteiger partial charge in [0.05, 0.1) is 17.6 Å². The number of aliphatic hydroxyl groups is 1. The minimum absolute atomic E-state index is 0.290. The van der Waals surface area contributed by atoms with E-state index in [0.29, 0.717) is 25.4 Å². The summed E-state index contributed by atoms with van der Waals surface area (Å²) >= 11 is 0. The zero-order valence-corrected chi connectivity index (χ0v) is 10.2. The minimum Gasteiger partial charge on any atom is -0.465 e. The lowest BCUT2D eigenvalue weighted by atomic mass is 9.73. The van der Waals surface area contributed by atoms with Gasteiger partial charge in [0.1, 0.15) is 0 Å². The third-order valence-corrected chi connectivity index (χ3v) is 3.69. The summed E-state index contributed by atoms with van der Waals surface area (Å²) in [6.07, 6.45) is 2.37. The highest BCUT2D eigenvalue weighted by atomic mass is 16.5. The van der Waals surface area contributed by atoms with E-state index in [2.05, 4.69) is 6.92 Å². The lowest BCUT2D eigenvalue weighted by molar-refractivity contribution is -0.170. The predicted octanol–water partition coefficient (Wildman–Crippen LogP) is 2.13. The molecule has 15 heavy (non-hydrogen) atoms. The molecular weight excluding hydrogens is 192 g/mol. The molecule has 0 saturated heterocycles. The van der Waals surface area contributed by atoms with Crippen LogP contribution in [0.5, 0.6) is 0 Å². The van der Waals surface area contributed by atoms with Crippen molar-refractivity contribution in [3.63, 3.8) is 0 Å². The molecule has 0 aromatic heterocycles. The summed E-state index contributed by atoms with van der Waals surface area (Å²) in [5.41, 5.74) is -1.69. The molecule has 1 N–H and O–H groups in total. The second-order valence-corrected chi connectivity index (χ2v) is 5.23. The van der Waals surface area contributed by atoms with Crippen LogP contribution in [0.1, 0.15) is 47.0 Å². The smallest absolute Gasteiger partial charge is 0.314 e. The molecule has 0 aromatic carbocycles. The molecule has 0 radical (unpaired) electrons. The Morgan fingerprint density at radius 3 is 2.60 bits per heavy atom. The molecule has 0 aliphatic heterocycles. The van der Waals surface area contributed by atoms with E-state index in [0.717, 1.165) is 6.42 Å². The first-order valence-electron chi connectivity index (χ1n) is 5.73. The maximum Gasteiger partial charge on any atom is 0.314 e. The first-order valence-corrected chi connectivity index (χ1v) is 5.73. The summed E-state index contributed by atoms with van der Waals surface area (Å²) in [4.78, 5) is 11.8. The fourth-order valence-corrected chi connectivity index (χ4v) is 2.33. The van der Waals surface area contributed by atoms with E-state index in [1.54, 1.807) is 20.8 Å². The van der Waals surface area contributed by atoms with Gasteiger partial charge in [-0.3, -0.25) is 4.79 Å². The van der Waals surface area contributed by atoms with Crippen molar-refractivity contribution < 1.29 is 14.6 Å². The van der Waals surface area contributed by atoms with E-state index in [1.807, 2.05) is 0 Å². The number of carbonyl (C=O) groups is 1. The third kappa shape index (κ3) is 2.17. The van der Waals surface area contributed by atoms with Gasteiger partial charge in [-0.25, -0.2) is 0 Å². The molecule has 1 rings (SSSR count). The molecule has 1 saturated carbocycles. The highest BCUT2D eigenvalue weighted by Crippen LogP contribution is 2.46. The van der Waals surface area contributed by atoms with Crippen LogP contribution < -0.4 is 0 Å². The van der Waals surface area contributed by atoms with E-state index in [4.69, 9.17) is 4.74 Å². The number of hydrogen-bond acceptors (Lipinski definition) is 3. The Balaban J connectivity index is 2.80. The second kappa shape index (κ2) is 4.12. The van der Waals surface area contributed by atoms with Crippen molar-refractivity contribution >= 4 is 5.97 Å². The molecule has 1 aliphatic carbocycles. The molecule has 1 fully saturated rings. The van der Waals surface area contributed by atoms with Crippen molar-refractivity contribution in [3.05, 3.63) is 0 Å². The maximum absolute atomic E-state index is 11.8. The number of rotatable bonds is 3. The average molecular weight is 214 g/mol. The molecule has 0 aromatic rings. The van der Waals surface area contributed by atoms with Gasteiger partial charge in [-0.15, -0.1) is 0 Å². The molecule has 0 spiro atoms. The van der Waals surface area contributed by atoms with Crippen LogP contribution in [0.2, 0.25) is 0 Å². The van der Waals surface area contributed by atoms with Crippen LogP contribution in [0.3, 0.4) is 0 Å². The quantitative estimate of drug-likeness (QED) is 0.732. The second-order valence-electron chi connectivity index (χ2n) is 5.23. The van der Waals surface area contributed by atoms with Crippen molar-refractivity contribution in [1.82, 2.24) is 0 Å². The Labute approximate surface area is 91.8 Å². The molecule has 1 aliphatic rings. The molecule has 3 nitrogen and oxygen atoms in total. The van der Waals surface area contributed by atoms with Crippen LogP contribution in [-0.2, 0) is 9.53 Å². The van der Waals surface area contributed by atoms with Crippen molar-refractivity contribution in [2.24, 2.45) is 11.3 Å². The van der Waals surface area contributed by atoms with Crippen LogP contribution in [0.25, 0.3) is 0 Å². The van der Waals surface area contributed by atoms with Crippen molar-refractivity contribution in [2.45, 2.75) is 52.6 Å². The molecule has 88 valence electrons. The number of esters is 1. The van der Waals surface area contributed by atoms with Gasteiger partial charge in [0.25, 0.3) is 0 Å². The monoisotopic (exact) mass is 214 g/mol. The third-order valence-electron chi connectivity index (χ3n) is 3.69. The minimum atomic E-state index is -0.890. The normalized spacial score (nSPS) is 31.7. The van der Waals surface area contributed by atoms with E-state index < -0.39 is 11.0 Å². The van der Waals surface area contributed by atoms with Crippen LogP contribution >= 0.6 is 0 Å². The average Bonchev–Trinajstić information content (AvgIpc) is 2.48. The first-order chi connectivity index (χ1) is 6.83. The summed E-state index contributed by atoms with van der Waals surface area (Å²) in [5.74, 6) is 0.199. The lowest BCUT2D eigenvalue weighted by Crippen LogP contribution is -2.48. The van der Waals surface area contributed by atoms with Gasteiger partial charge in [0, 0.05) is 0 Å². The molecular formula is C12H22O3. The first kappa shape index (κ1) is 12.5. The Hall–Kier alpha value is -0.570. The van der Waals surface area contributed by atoms with Gasteiger partial charge >= 0.3 is 5.97 Å². The molecule has 0 amide bonds. The van der Waals surface area contributed by atoms with Crippen LogP contribution in [0, 0.1) is 11.3 Å². The van der Waals surface area contributed by atoms with Gasteiger partial charge in [-0.1, -0.05) is 6.92 Å². The van der Waals surface area contributed by atoms with E-state index in [1.165, 1.54) is 0 Å². The maximum atomic E-state index is 11.8. The zero-order chi connectivity index (χ0) is 11.7. The summed E-state index contributed by atoms with van der Waals surface area (Å²) in [5, 5.41) is 10.5. The Morgan fingerprint density at radius 1 is 1.60 bits per heavy atom. The topological polar surface area (TPSA) is 46.5 Å². The van der Waals surface area contributed by atoms with Crippen LogP contribution in [-0.4, -0.2) is 23.3 Å². The summed E-state index contributed by atoms with van der Waals surface area (Å²) in [7, 11) is 0. The highest BCUT2D eigenvalue weighted by molar-refractivity contribution is 5.77. The van der Waals surface area contributed by atoms with Crippen molar-refractivity contribution in [2.75, 3.05) is 6.61 Å². The van der Waals surface area contributed by atoms with E-state index in [9.17, 15) is 9.90 Å². The van der Waals surface area contributed by atoms with Crippen molar-refractivity contribution in [3.8, 4) is 0 Å². The summed E-state index contributed by atoms with van der Waals surface area (Å²) in [6, 6.07) is 0. The fourth-order valence-electron chi connectivity index (χ4n) is 2.33. The Morgan fingerprint density at radius 2 is 2.20 bits per heavy atom. The number of hydrogen-bond donors (Lipinski definition) is 1. The van der Waals surface area contributed by atoms with Crippen molar-refractivity contribution in [1.29, 1.82) is 0 Å². The van der Waals surface area contributed by atoms with Crippen LogP contribution in [0.4, 0.5) is 0 Å². The SMILES string of the molecule is CCOC(=O)C(C)(C)[C@]1(O)CC[C@@H](C)C1. The lowest BCUT2D eigenvalue weighted by Gasteiger charge is -2.37. The largest absolute Gasteiger partial charge is 0.465 e. The van der Waals surface area contributed by atoms with E-state index >= 15 is 0 Å². The molecule has 2 atom stereocenters. The Kier molecular flexibility index (Phi) is 3.44.